The van der Waals surface area contributed by atoms with Gasteiger partial charge in [0, 0.05) is 0 Å². The van der Waals surface area contributed by atoms with Gasteiger partial charge in [0.2, 0.25) is 0 Å². The number of para-hydroxylation sites is 1. The minimum absolute atomic E-state index is 0.0351. The summed E-state index contributed by atoms with van der Waals surface area (Å²) in [6.07, 6.45) is 2.99. The zero-order chi connectivity index (χ0) is 14.7. The summed E-state index contributed by atoms with van der Waals surface area (Å²) in [5.74, 6) is 6.86. The second kappa shape index (κ2) is 6.09. The van der Waals surface area contributed by atoms with Crippen molar-refractivity contribution in [1.82, 2.24) is 0 Å². The first-order valence-corrected chi connectivity index (χ1v) is 6.93. The van der Waals surface area contributed by atoms with Crippen LogP contribution in [0.25, 0.3) is 0 Å². The fraction of sp³-hybridized carbons (Fsp3) is 0.571. The number of anilines is 1. The van der Waals surface area contributed by atoms with Crippen LogP contribution in [0.3, 0.4) is 0 Å². The van der Waals surface area contributed by atoms with Crippen LogP contribution in [-0.2, 0) is 0 Å². The third kappa shape index (κ3) is 3.01. The number of nitro groups is 1. The molecule has 0 bridgehead atoms. The number of rotatable bonds is 4. The lowest BCUT2D eigenvalue weighted by atomic mass is 9.80. The van der Waals surface area contributed by atoms with Gasteiger partial charge in [-0.3, -0.25) is 16.0 Å². The maximum absolute atomic E-state index is 11.2. The summed E-state index contributed by atoms with van der Waals surface area (Å²) < 4.78 is 5.87. The Balaban J connectivity index is 2.19. The van der Waals surface area contributed by atoms with Gasteiger partial charge in [-0.1, -0.05) is 19.9 Å². The van der Waals surface area contributed by atoms with Crippen LogP contribution in [0.5, 0.6) is 5.75 Å². The monoisotopic (exact) mass is 279 g/mol. The number of nitrogens with one attached hydrogen (secondary N) is 1. The van der Waals surface area contributed by atoms with Gasteiger partial charge in [0.25, 0.3) is 0 Å². The van der Waals surface area contributed by atoms with Gasteiger partial charge in [-0.2, -0.15) is 0 Å². The minimum atomic E-state index is -0.459. The largest absolute Gasteiger partial charge is 0.483 e. The lowest BCUT2D eigenvalue weighted by molar-refractivity contribution is -0.385. The van der Waals surface area contributed by atoms with Gasteiger partial charge in [0.05, 0.1) is 11.0 Å². The van der Waals surface area contributed by atoms with Crippen molar-refractivity contribution in [3.8, 4) is 5.75 Å². The Morgan fingerprint density at radius 1 is 1.35 bits per heavy atom. The summed E-state index contributed by atoms with van der Waals surface area (Å²) in [6.45, 7) is 4.44. The van der Waals surface area contributed by atoms with Crippen LogP contribution in [0.1, 0.15) is 33.1 Å². The average Bonchev–Trinajstić information content (AvgIpc) is 2.42. The van der Waals surface area contributed by atoms with Crippen molar-refractivity contribution in [2.45, 2.75) is 39.2 Å². The van der Waals surface area contributed by atoms with Crippen LogP contribution in [0.4, 0.5) is 11.4 Å². The Bertz CT molecular complexity index is 493. The molecule has 0 amide bonds. The van der Waals surface area contributed by atoms with Gasteiger partial charge < -0.3 is 10.2 Å². The topological polar surface area (TPSA) is 90.4 Å². The van der Waals surface area contributed by atoms with E-state index >= 15 is 0 Å². The first kappa shape index (κ1) is 14.6. The number of nitrogens with zero attached hydrogens (tertiary/aromatic N) is 1. The number of hydrogen-bond donors (Lipinski definition) is 2. The van der Waals surface area contributed by atoms with Crippen molar-refractivity contribution < 1.29 is 9.66 Å². The average molecular weight is 279 g/mol. The molecule has 1 aromatic carbocycles. The fourth-order valence-corrected chi connectivity index (χ4v) is 2.71. The SMILES string of the molecule is CC1CCC(Oc2cccc(NN)c2[N+](=O)[O-])CC1C. The first-order chi connectivity index (χ1) is 9.52. The maximum Gasteiger partial charge on any atom is 0.335 e. The summed E-state index contributed by atoms with van der Waals surface area (Å²) in [5, 5.41) is 11.2. The van der Waals surface area contributed by atoms with E-state index in [2.05, 4.69) is 19.3 Å². The van der Waals surface area contributed by atoms with E-state index in [0.29, 0.717) is 11.8 Å². The molecule has 3 atom stereocenters. The molecule has 20 heavy (non-hydrogen) atoms. The predicted molar refractivity (Wildman–Crippen MR) is 77.5 cm³/mol. The Morgan fingerprint density at radius 2 is 2.10 bits per heavy atom. The summed E-state index contributed by atoms with van der Waals surface area (Å²) in [6, 6.07) is 4.89. The van der Waals surface area contributed by atoms with Crippen LogP contribution in [0.2, 0.25) is 0 Å². The highest BCUT2D eigenvalue weighted by Crippen LogP contribution is 2.38. The molecule has 110 valence electrons. The molecular formula is C14H21N3O3. The molecule has 1 aromatic rings. The zero-order valence-corrected chi connectivity index (χ0v) is 11.8. The third-order valence-electron chi connectivity index (χ3n) is 4.18. The first-order valence-electron chi connectivity index (χ1n) is 6.93. The predicted octanol–water partition coefficient (Wildman–Crippen LogP) is 3.08. The summed E-state index contributed by atoms with van der Waals surface area (Å²) in [4.78, 5) is 10.7. The molecule has 0 saturated heterocycles. The highest BCUT2D eigenvalue weighted by atomic mass is 16.6. The molecular weight excluding hydrogens is 258 g/mol. The molecule has 0 heterocycles. The second-order valence-electron chi connectivity index (χ2n) is 5.56. The molecule has 6 heteroatoms. The summed E-state index contributed by atoms with van der Waals surface area (Å²) in [5.41, 5.74) is 2.52. The lowest BCUT2D eigenvalue weighted by Gasteiger charge is -2.32. The van der Waals surface area contributed by atoms with Gasteiger partial charge in [0.15, 0.2) is 5.75 Å². The Kier molecular flexibility index (Phi) is 4.44. The normalized spacial score (nSPS) is 26.1. The van der Waals surface area contributed by atoms with Crippen LogP contribution in [0, 0.1) is 22.0 Å². The molecule has 1 fully saturated rings. The number of ether oxygens (including phenoxy) is 1. The van der Waals surface area contributed by atoms with Crippen molar-refractivity contribution >= 4 is 11.4 Å². The Labute approximate surface area is 118 Å². The summed E-state index contributed by atoms with van der Waals surface area (Å²) >= 11 is 0. The third-order valence-corrected chi connectivity index (χ3v) is 4.18. The molecule has 2 rings (SSSR count). The van der Waals surface area contributed by atoms with E-state index in [1.165, 1.54) is 0 Å². The van der Waals surface area contributed by atoms with Crippen molar-refractivity contribution in [2.75, 3.05) is 5.43 Å². The Hall–Kier alpha value is -1.82. The molecule has 1 aliphatic rings. The summed E-state index contributed by atoms with van der Waals surface area (Å²) in [7, 11) is 0. The van der Waals surface area contributed by atoms with Crippen LogP contribution < -0.4 is 16.0 Å². The number of hydrogen-bond acceptors (Lipinski definition) is 5. The van der Waals surface area contributed by atoms with Gasteiger partial charge in [-0.05, 0) is 43.2 Å². The molecule has 1 aliphatic carbocycles. The van der Waals surface area contributed by atoms with E-state index < -0.39 is 4.92 Å². The van der Waals surface area contributed by atoms with Crippen molar-refractivity contribution in [3.05, 3.63) is 28.3 Å². The number of nitrogen functional groups attached to an aromatic ring is 1. The second-order valence-corrected chi connectivity index (χ2v) is 5.56. The van der Waals surface area contributed by atoms with E-state index in [4.69, 9.17) is 10.6 Å². The van der Waals surface area contributed by atoms with Crippen LogP contribution in [-0.4, -0.2) is 11.0 Å². The molecule has 0 spiro atoms. The molecule has 6 nitrogen and oxygen atoms in total. The molecule has 0 radical (unpaired) electrons. The van der Waals surface area contributed by atoms with Gasteiger partial charge >= 0.3 is 5.69 Å². The van der Waals surface area contributed by atoms with E-state index in [1.807, 2.05) is 0 Å². The van der Waals surface area contributed by atoms with Crippen LogP contribution in [0.15, 0.2) is 18.2 Å². The van der Waals surface area contributed by atoms with E-state index in [9.17, 15) is 10.1 Å². The zero-order valence-electron chi connectivity index (χ0n) is 11.8. The maximum atomic E-state index is 11.2. The minimum Gasteiger partial charge on any atom is -0.483 e. The Morgan fingerprint density at radius 3 is 2.70 bits per heavy atom. The van der Waals surface area contributed by atoms with Crippen molar-refractivity contribution in [3.63, 3.8) is 0 Å². The van der Waals surface area contributed by atoms with E-state index in [1.54, 1.807) is 18.2 Å². The van der Waals surface area contributed by atoms with Crippen molar-refractivity contribution in [2.24, 2.45) is 17.7 Å². The molecule has 3 unspecified atom stereocenters. The lowest BCUT2D eigenvalue weighted by Crippen LogP contribution is -2.29. The highest BCUT2D eigenvalue weighted by molar-refractivity contribution is 5.67. The molecule has 0 aliphatic heterocycles. The fourth-order valence-electron chi connectivity index (χ4n) is 2.71. The number of nitrogens with two attached hydrogens (primary N) is 1. The molecule has 3 N–H and O–H groups in total. The van der Waals surface area contributed by atoms with E-state index in [0.717, 1.165) is 19.3 Å². The number of hydrazine groups is 1. The smallest absolute Gasteiger partial charge is 0.335 e. The van der Waals surface area contributed by atoms with Gasteiger partial charge in [0.1, 0.15) is 5.69 Å². The van der Waals surface area contributed by atoms with Crippen molar-refractivity contribution in [1.29, 1.82) is 0 Å². The quantitative estimate of drug-likeness (QED) is 0.502. The van der Waals surface area contributed by atoms with Gasteiger partial charge in [-0.15, -0.1) is 0 Å². The molecule has 0 aromatic heterocycles. The van der Waals surface area contributed by atoms with Crippen LogP contribution >= 0.6 is 0 Å². The number of nitro benzene ring substituents is 1. The standard InChI is InChI=1S/C14H21N3O3/c1-9-6-7-11(8-10(9)2)20-13-5-3-4-12(16-15)14(13)17(18)19/h3-5,9-11,16H,6-8,15H2,1-2H3. The molecule has 1 saturated carbocycles. The van der Waals surface area contributed by atoms with Gasteiger partial charge in [-0.25, -0.2) is 0 Å². The number of benzene rings is 1. The van der Waals surface area contributed by atoms with E-state index in [-0.39, 0.29) is 23.2 Å². The highest BCUT2D eigenvalue weighted by Gasteiger charge is 2.28.